The predicted molar refractivity (Wildman–Crippen MR) is 133 cm³/mol. The molecule has 0 aliphatic heterocycles. The van der Waals surface area contributed by atoms with Crippen LogP contribution in [0.4, 0.5) is 19.0 Å². The number of sulfonamides is 1. The van der Waals surface area contributed by atoms with Crippen molar-refractivity contribution in [2.75, 3.05) is 4.72 Å². The van der Waals surface area contributed by atoms with Gasteiger partial charge in [-0.2, -0.15) is 8.78 Å². The number of nitrogens with zero attached hydrogens (tertiary/aromatic N) is 2. The molecule has 1 aliphatic carbocycles. The van der Waals surface area contributed by atoms with Gasteiger partial charge in [0.25, 0.3) is 0 Å². The van der Waals surface area contributed by atoms with Crippen molar-refractivity contribution in [2.45, 2.75) is 70.3 Å². The normalized spacial score (nSPS) is 15.3. The Balaban J connectivity index is 1.92. The summed E-state index contributed by atoms with van der Waals surface area (Å²) in [7, 11) is -3.74. The van der Waals surface area contributed by atoms with Crippen LogP contribution in [0, 0.1) is 5.82 Å². The SMILES string of the molecule is CC(C)(C)S(=O)(=O)Nc1ccc(-c2c(C(=O)O)c3cc(F)c(OC(F)F)cc3n2C2CCCCC2)cn1. The fraction of sp³-hybridized carbons (Fsp3) is 0.440. The molecule has 4 rings (SSSR count). The minimum Gasteiger partial charge on any atom is -0.478 e. The number of carboxylic acids is 1. The summed E-state index contributed by atoms with van der Waals surface area (Å²) in [5.74, 6) is -3.05. The minimum absolute atomic E-state index is 0.0460. The number of rotatable bonds is 7. The second-order valence-corrected chi connectivity index (χ2v) is 12.5. The van der Waals surface area contributed by atoms with Crippen molar-refractivity contribution in [1.82, 2.24) is 9.55 Å². The molecule has 8 nitrogen and oxygen atoms in total. The number of carboxylic acid groups (broad SMARTS) is 1. The smallest absolute Gasteiger partial charge is 0.387 e. The standard InChI is InChI=1S/C25H28F3N3O5S/c1-25(2,3)37(34,35)30-20-10-9-14(13-29-20)22-21(23(32)33)16-11-17(26)19(36-24(27)28)12-18(16)31(22)15-7-5-4-6-8-15/h9-13,15,24H,4-8H2,1-3H3,(H,29,30)(H,32,33). The lowest BCUT2D eigenvalue weighted by Gasteiger charge is -2.27. The average molecular weight is 540 g/mol. The van der Waals surface area contributed by atoms with E-state index in [4.69, 9.17) is 0 Å². The van der Waals surface area contributed by atoms with Crippen LogP contribution in [-0.2, 0) is 10.0 Å². The molecule has 0 radical (unpaired) electrons. The zero-order valence-electron chi connectivity index (χ0n) is 20.6. The number of hydrogen-bond acceptors (Lipinski definition) is 5. The second kappa shape index (κ2) is 9.88. The quantitative estimate of drug-likeness (QED) is 0.371. The van der Waals surface area contributed by atoms with Gasteiger partial charge in [-0.1, -0.05) is 19.3 Å². The number of aromatic nitrogens is 2. The first-order chi connectivity index (χ1) is 17.3. The number of alkyl halides is 2. The molecule has 3 aromatic rings. The second-order valence-electron chi connectivity index (χ2n) is 10.0. The summed E-state index contributed by atoms with van der Waals surface area (Å²) >= 11 is 0. The molecular formula is C25H28F3N3O5S. The zero-order valence-corrected chi connectivity index (χ0v) is 21.4. The predicted octanol–water partition coefficient (Wildman–Crippen LogP) is 6.19. The molecule has 1 saturated carbocycles. The molecule has 2 heterocycles. The fourth-order valence-electron chi connectivity index (χ4n) is 4.60. The Labute approximate surface area is 212 Å². The van der Waals surface area contributed by atoms with Crippen LogP contribution in [0.1, 0.15) is 69.3 Å². The number of pyridine rings is 1. The Morgan fingerprint density at radius 3 is 2.41 bits per heavy atom. The van der Waals surface area contributed by atoms with Crippen molar-refractivity contribution in [3.05, 3.63) is 41.8 Å². The van der Waals surface area contributed by atoms with Gasteiger partial charge in [-0.05, 0) is 51.8 Å². The van der Waals surface area contributed by atoms with Gasteiger partial charge in [-0.3, -0.25) is 4.72 Å². The highest BCUT2D eigenvalue weighted by atomic mass is 32.2. The number of anilines is 1. The molecule has 1 aliphatic rings. The van der Waals surface area contributed by atoms with Crippen molar-refractivity contribution in [3.63, 3.8) is 0 Å². The lowest BCUT2D eigenvalue weighted by atomic mass is 9.94. The van der Waals surface area contributed by atoms with Gasteiger partial charge in [-0.25, -0.2) is 22.6 Å². The first-order valence-electron chi connectivity index (χ1n) is 11.8. The molecule has 0 unspecified atom stereocenters. The van der Waals surface area contributed by atoms with E-state index in [1.165, 1.54) is 39.1 Å². The first-order valence-corrected chi connectivity index (χ1v) is 13.3. The number of carbonyl (C=O) groups is 1. The molecule has 2 aromatic heterocycles. The molecule has 0 bridgehead atoms. The summed E-state index contributed by atoms with van der Waals surface area (Å²) < 4.78 is 72.9. The van der Waals surface area contributed by atoms with Crippen LogP contribution in [0.2, 0.25) is 0 Å². The molecule has 1 aromatic carbocycles. The van der Waals surface area contributed by atoms with Gasteiger partial charge in [0.05, 0.1) is 21.5 Å². The van der Waals surface area contributed by atoms with Crippen molar-refractivity contribution in [1.29, 1.82) is 0 Å². The number of ether oxygens (including phenoxy) is 1. The highest BCUT2D eigenvalue weighted by Gasteiger charge is 2.31. The third-order valence-electron chi connectivity index (χ3n) is 6.51. The van der Waals surface area contributed by atoms with Crippen LogP contribution in [0.3, 0.4) is 0 Å². The van der Waals surface area contributed by atoms with Gasteiger partial charge in [0.2, 0.25) is 10.0 Å². The Bertz CT molecular complexity index is 1420. The monoisotopic (exact) mass is 539 g/mol. The molecule has 0 amide bonds. The largest absolute Gasteiger partial charge is 0.478 e. The van der Waals surface area contributed by atoms with Crippen molar-refractivity contribution >= 4 is 32.7 Å². The van der Waals surface area contributed by atoms with Gasteiger partial charge in [0.15, 0.2) is 11.6 Å². The molecule has 1 fully saturated rings. The van der Waals surface area contributed by atoms with E-state index in [1.807, 2.05) is 0 Å². The van der Waals surface area contributed by atoms with Gasteiger partial charge in [0.1, 0.15) is 5.82 Å². The summed E-state index contributed by atoms with van der Waals surface area (Å²) in [6.07, 6.45) is 5.56. The molecule has 200 valence electrons. The third kappa shape index (κ3) is 5.25. The van der Waals surface area contributed by atoms with Crippen LogP contribution >= 0.6 is 0 Å². The lowest BCUT2D eigenvalue weighted by molar-refractivity contribution is -0.0521. The third-order valence-corrected chi connectivity index (χ3v) is 8.60. The van der Waals surface area contributed by atoms with Crippen LogP contribution < -0.4 is 9.46 Å². The first kappa shape index (κ1) is 26.8. The highest BCUT2D eigenvalue weighted by molar-refractivity contribution is 7.94. The summed E-state index contributed by atoms with van der Waals surface area (Å²) in [5.41, 5.74) is 0.650. The Kier molecular flexibility index (Phi) is 7.15. The van der Waals surface area contributed by atoms with Crippen LogP contribution in [0.25, 0.3) is 22.2 Å². The summed E-state index contributed by atoms with van der Waals surface area (Å²) in [5, 5.41) is 10.2. The van der Waals surface area contributed by atoms with E-state index in [0.717, 1.165) is 44.2 Å². The van der Waals surface area contributed by atoms with E-state index in [-0.39, 0.29) is 34.0 Å². The highest BCUT2D eigenvalue weighted by Crippen LogP contribution is 2.42. The maximum absolute atomic E-state index is 14.7. The Morgan fingerprint density at radius 1 is 1.19 bits per heavy atom. The number of benzene rings is 1. The number of halogens is 3. The average Bonchev–Trinajstić information content (AvgIpc) is 3.13. The molecule has 12 heteroatoms. The van der Waals surface area contributed by atoms with Gasteiger partial charge < -0.3 is 14.4 Å². The molecule has 0 saturated heterocycles. The van der Waals surface area contributed by atoms with E-state index in [2.05, 4.69) is 14.4 Å². The molecule has 0 atom stereocenters. The van der Waals surface area contributed by atoms with E-state index in [0.29, 0.717) is 5.56 Å². The van der Waals surface area contributed by atoms with Crippen LogP contribution in [0.5, 0.6) is 5.75 Å². The van der Waals surface area contributed by atoms with Crippen molar-refractivity contribution in [3.8, 4) is 17.0 Å². The number of aromatic carboxylic acids is 1. The van der Waals surface area contributed by atoms with E-state index < -0.39 is 38.9 Å². The lowest BCUT2D eigenvalue weighted by Crippen LogP contribution is -2.33. The van der Waals surface area contributed by atoms with Gasteiger partial charge >= 0.3 is 12.6 Å². The molecule has 0 spiro atoms. The summed E-state index contributed by atoms with van der Waals surface area (Å²) in [6.45, 7) is 1.36. The summed E-state index contributed by atoms with van der Waals surface area (Å²) in [4.78, 5) is 16.6. The van der Waals surface area contributed by atoms with Crippen molar-refractivity contribution in [2.24, 2.45) is 0 Å². The molecular weight excluding hydrogens is 511 g/mol. The number of fused-ring (bicyclic) bond motifs is 1. The van der Waals surface area contributed by atoms with Gasteiger partial charge in [0, 0.05) is 29.3 Å². The van der Waals surface area contributed by atoms with Crippen molar-refractivity contribution < 1.29 is 36.2 Å². The van der Waals surface area contributed by atoms with Gasteiger partial charge in [-0.15, -0.1) is 0 Å². The Hall–Kier alpha value is -3.28. The fourth-order valence-corrected chi connectivity index (χ4v) is 5.30. The maximum atomic E-state index is 14.7. The molecule has 37 heavy (non-hydrogen) atoms. The van der Waals surface area contributed by atoms with E-state index in [1.54, 1.807) is 4.57 Å². The number of nitrogens with one attached hydrogen (secondary N) is 1. The van der Waals surface area contributed by atoms with Crippen LogP contribution in [-0.4, -0.2) is 40.4 Å². The topological polar surface area (TPSA) is 111 Å². The Morgan fingerprint density at radius 2 is 1.86 bits per heavy atom. The zero-order chi connectivity index (χ0) is 27.1. The summed E-state index contributed by atoms with van der Waals surface area (Å²) in [6, 6.07) is 4.79. The number of hydrogen-bond donors (Lipinski definition) is 2. The van der Waals surface area contributed by atoms with Crippen LogP contribution in [0.15, 0.2) is 30.5 Å². The molecule has 2 N–H and O–H groups in total. The minimum atomic E-state index is -3.74. The maximum Gasteiger partial charge on any atom is 0.387 e. The van der Waals surface area contributed by atoms with E-state index in [9.17, 15) is 31.5 Å². The van der Waals surface area contributed by atoms with E-state index >= 15 is 0 Å².